The van der Waals surface area contributed by atoms with Gasteiger partial charge in [-0.15, -0.1) is 0 Å². The second-order valence-electron chi connectivity index (χ2n) is 28.4. The van der Waals surface area contributed by atoms with E-state index in [1.807, 2.05) is 0 Å². The molecule has 2 aliphatic heterocycles. The average Bonchev–Trinajstić information content (AvgIpc) is 0.670. The summed E-state index contributed by atoms with van der Waals surface area (Å²) < 4.78 is 50.4. The predicted octanol–water partition coefficient (Wildman–Crippen LogP) is 20.6. The van der Waals surface area contributed by atoms with E-state index in [0.29, 0.717) is 45.0 Å². The standard InChI is InChI=1S/C97H70Cl4N4O18/c1-55(98)94(112)116-46-42-60-26-34-68(35-27-60)120-76-50-72-81-73(91(109)102(90(72)108)54-80(106)104(64-18-10-6-11-19-64)65-20-12-7-13-21-65)51-77(121-69-36-28-61(29-37-69)43-47-117-95(113)56(2)99)84-86-79(123-71-40-32-63(33-41-71)45-49-119-97(115)58(4)101)53-75-82-74(92(110)103(93(75)111)59(5)89(107)105(66-22-14-8-15-23-66)67-24-16-9-17-25-67)52-78(85(88(82)86)83(76)87(81)84)122-70-38-30-62(31-39-70)44-48-118-96(114)57(3)100/h6-41,50-53,59H,1-4,42-49,54H2,5H3. The Bertz CT molecular complexity index is 6110. The zero-order valence-corrected chi connectivity index (χ0v) is 68.5. The lowest BCUT2D eigenvalue weighted by Crippen LogP contribution is -2.52. The summed E-state index contributed by atoms with van der Waals surface area (Å²) in [5.74, 6) is -8.17. The highest BCUT2D eigenvalue weighted by Crippen LogP contribution is 2.58. The van der Waals surface area contributed by atoms with Crippen LogP contribution in [0, 0.1) is 0 Å². The topological polar surface area (TPSA) is 258 Å². The molecule has 26 heteroatoms. The fourth-order valence-corrected chi connectivity index (χ4v) is 15.0. The minimum atomic E-state index is -1.57. The molecule has 2 heterocycles. The van der Waals surface area contributed by atoms with Gasteiger partial charge in [-0.2, -0.15) is 0 Å². The van der Waals surface area contributed by atoms with Crippen LogP contribution in [0.2, 0.25) is 0 Å². The van der Waals surface area contributed by atoms with Crippen molar-refractivity contribution in [3.63, 3.8) is 0 Å². The van der Waals surface area contributed by atoms with E-state index in [1.54, 1.807) is 218 Å². The molecule has 0 saturated carbocycles. The van der Waals surface area contributed by atoms with Gasteiger partial charge in [0.25, 0.3) is 35.4 Å². The van der Waals surface area contributed by atoms with E-state index >= 15 is 28.8 Å². The van der Waals surface area contributed by atoms with Crippen LogP contribution >= 0.6 is 46.4 Å². The SMILES string of the molecule is C=C(Cl)C(=O)OCCc1ccc(Oc2cc3c4c(cc(Oc5ccc(CCOC(=O)C(=C)Cl)cc5)c5c6c(Oc7ccc(CCOC(=O)C(=C)Cl)cc7)cc7c8c(cc(Oc9ccc(CCOC(=O)C(=C)Cl)cc9)c(c2c45)c86)C(=O)N(C(C)C(=O)N(c2ccccc2)c2ccccc2)C7=O)C(=O)N(CC(=O)N(c2ccccc2)c2ccccc2)C3=O)cc1. The number of imide groups is 2. The molecule has 13 aromatic rings. The van der Waals surface area contributed by atoms with Crippen molar-refractivity contribution in [1.82, 2.24) is 9.80 Å². The van der Waals surface area contributed by atoms with Gasteiger partial charge in [0.2, 0.25) is 0 Å². The molecule has 6 amide bonds. The smallest absolute Gasteiger partial charge is 0.349 e. The van der Waals surface area contributed by atoms with E-state index in [4.69, 9.17) is 84.3 Å². The summed E-state index contributed by atoms with van der Waals surface area (Å²) in [5.41, 5.74) is 3.76. The largest absolute Gasteiger partial charge is 0.461 e. The van der Waals surface area contributed by atoms with Gasteiger partial charge in [-0.1, -0.05) is 194 Å². The van der Waals surface area contributed by atoms with Gasteiger partial charge in [0.05, 0.1) is 48.7 Å². The number of benzene rings is 13. The molecule has 0 aliphatic carbocycles. The maximum absolute atomic E-state index is 16.6. The van der Waals surface area contributed by atoms with Crippen molar-refractivity contribution < 1.29 is 85.8 Å². The molecule has 15 rings (SSSR count). The van der Waals surface area contributed by atoms with Gasteiger partial charge < -0.3 is 37.9 Å². The Morgan fingerprint density at radius 1 is 0.325 bits per heavy atom. The van der Waals surface area contributed by atoms with Gasteiger partial charge in [-0.05, 0) is 151 Å². The molecular formula is C97H70Cl4N4O18. The van der Waals surface area contributed by atoms with Crippen molar-refractivity contribution >= 4 is 172 Å². The fourth-order valence-electron chi connectivity index (χ4n) is 14.8. The molecule has 0 bridgehead atoms. The molecule has 1 atom stereocenters. The number of ether oxygens (including phenoxy) is 8. The van der Waals surface area contributed by atoms with Crippen molar-refractivity contribution in [1.29, 1.82) is 0 Å². The summed E-state index contributed by atoms with van der Waals surface area (Å²) in [6.07, 6.45) is 0.845. The van der Waals surface area contributed by atoms with Crippen LogP contribution in [0.5, 0.6) is 46.0 Å². The second kappa shape index (κ2) is 36.3. The van der Waals surface area contributed by atoms with Crippen LogP contribution in [-0.2, 0) is 73.4 Å². The van der Waals surface area contributed by atoms with Crippen LogP contribution in [0.3, 0.4) is 0 Å². The van der Waals surface area contributed by atoms with E-state index in [1.165, 1.54) is 41.0 Å². The molecule has 0 spiro atoms. The lowest BCUT2D eigenvalue weighted by molar-refractivity contribution is -0.139. The molecule has 0 aromatic heterocycles. The summed E-state index contributed by atoms with van der Waals surface area (Å²) >= 11 is 23.5. The number of para-hydroxylation sites is 4. The first-order chi connectivity index (χ1) is 59.4. The predicted molar refractivity (Wildman–Crippen MR) is 468 cm³/mol. The molecule has 0 radical (unpaired) electrons. The number of hydrogen-bond acceptors (Lipinski definition) is 18. The van der Waals surface area contributed by atoms with Gasteiger partial charge in [0, 0.05) is 91.5 Å². The van der Waals surface area contributed by atoms with Crippen LogP contribution < -0.4 is 28.7 Å². The highest BCUT2D eigenvalue weighted by Gasteiger charge is 2.45. The number of esters is 4. The Hall–Kier alpha value is -14.4. The van der Waals surface area contributed by atoms with Gasteiger partial charge in [-0.3, -0.25) is 48.4 Å². The van der Waals surface area contributed by atoms with E-state index in [-0.39, 0.29) is 184 Å². The third kappa shape index (κ3) is 17.5. The first-order valence-corrected chi connectivity index (χ1v) is 40.0. The Kier molecular flexibility index (Phi) is 24.7. The van der Waals surface area contributed by atoms with E-state index in [9.17, 15) is 19.2 Å². The summed E-state index contributed by atoms with van der Waals surface area (Å²) in [5, 5.41) is -0.667. The zero-order chi connectivity index (χ0) is 86.4. The quantitative estimate of drug-likeness (QED) is 0.00947. The number of anilines is 4. The lowest BCUT2D eigenvalue weighted by Gasteiger charge is -2.35. The fraction of sp³-hybridized carbons (Fsp3) is 0.113. The molecule has 614 valence electrons. The minimum absolute atomic E-state index is 0.0161. The third-order valence-corrected chi connectivity index (χ3v) is 21.2. The summed E-state index contributed by atoms with van der Waals surface area (Å²) in [7, 11) is 0. The molecule has 0 N–H and O–H groups in total. The number of halogens is 4. The molecule has 2 aliphatic rings. The summed E-state index contributed by atoms with van der Waals surface area (Å²) in [6, 6.07) is 65.9. The summed E-state index contributed by atoms with van der Waals surface area (Å²) in [4.78, 5) is 152. The maximum Gasteiger partial charge on any atom is 0.349 e. The lowest BCUT2D eigenvalue weighted by atomic mass is 9.80. The highest BCUT2D eigenvalue weighted by atomic mass is 35.5. The maximum atomic E-state index is 16.6. The van der Waals surface area contributed by atoms with Crippen molar-refractivity contribution in [2.24, 2.45) is 0 Å². The van der Waals surface area contributed by atoms with E-state index in [0.717, 1.165) is 9.80 Å². The normalized spacial score (nSPS) is 12.4. The van der Waals surface area contributed by atoms with Crippen LogP contribution in [0.4, 0.5) is 22.7 Å². The molecule has 123 heavy (non-hydrogen) atoms. The van der Waals surface area contributed by atoms with Gasteiger partial charge in [0.15, 0.2) is 0 Å². The van der Waals surface area contributed by atoms with Crippen LogP contribution in [0.1, 0.15) is 70.6 Å². The molecule has 13 aromatic carbocycles. The zero-order valence-electron chi connectivity index (χ0n) is 65.5. The third-order valence-electron chi connectivity index (χ3n) is 20.6. The average molecular weight is 1720 g/mol. The molecule has 0 saturated heterocycles. The van der Waals surface area contributed by atoms with Crippen LogP contribution in [-0.4, -0.2) is 108 Å². The van der Waals surface area contributed by atoms with E-state index in [2.05, 4.69) is 26.3 Å². The Morgan fingerprint density at radius 2 is 0.569 bits per heavy atom. The Balaban J connectivity index is 1.03. The number of carbonyl (C=O) groups excluding carboxylic acids is 10. The number of rotatable bonds is 32. The molecule has 22 nitrogen and oxygen atoms in total. The van der Waals surface area contributed by atoms with Crippen molar-refractivity contribution in [3.05, 3.63) is 334 Å². The summed E-state index contributed by atoms with van der Waals surface area (Å²) in [6.45, 7) is 14.2. The second-order valence-corrected chi connectivity index (χ2v) is 30.3. The number of hydrogen-bond donors (Lipinski definition) is 0. The van der Waals surface area contributed by atoms with Crippen molar-refractivity contribution in [3.8, 4) is 46.0 Å². The van der Waals surface area contributed by atoms with Crippen molar-refractivity contribution in [2.75, 3.05) is 42.8 Å². The molecule has 0 fully saturated rings. The number of fused-ring (bicyclic) bond motifs is 2. The Morgan fingerprint density at radius 3 is 0.821 bits per heavy atom. The number of carbonyl (C=O) groups is 10. The van der Waals surface area contributed by atoms with E-state index < -0.39 is 71.9 Å². The number of nitrogens with zero attached hydrogens (tertiary/aromatic N) is 4. The van der Waals surface area contributed by atoms with Crippen molar-refractivity contribution in [2.45, 2.75) is 38.6 Å². The van der Waals surface area contributed by atoms with Gasteiger partial charge >= 0.3 is 23.9 Å². The van der Waals surface area contributed by atoms with Crippen LogP contribution in [0.25, 0.3) is 43.1 Å². The van der Waals surface area contributed by atoms with Gasteiger partial charge in [-0.25, -0.2) is 19.2 Å². The molecular weight excluding hydrogens is 1650 g/mol. The highest BCUT2D eigenvalue weighted by molar-refractivity contribution is 6.46. The molecule has 1 unspecified atom stereocenters. The van der Waals surface area contributed by atoms with Crippen LogP contribution in [0.15, 0.2) is 289 Å². The monoisotopic (exact) mass is 1720 g/mol. The first-order valence-electron chi connectivity index (χ1n) is 38.5. The first kappa shape index (κ1) is 83.6. The van der Waals surface area contributed by atoms with Gasteiger partial charge in [0.1, 0.15) is 78.7 Å². The number of amides is 6. The Labute approximate surface area is 723 Å². The minimum Gasteiger partial charge on any atom is -0.461 e.